The van der Waals surface area contributed by atoms with Gasteiger partial charge in [0.2, 0.25) is 11.8 Å². The molecule has 0 aromatic heterocycles. The van der Waals surface area contributed by atoms with Gasteiger partial charge in [0, 0.05) is 19.0 Å². The molecule has 1 aliphatic carbocycles. The first kappa shape index (κ1) is 14.4. The van der Waals surface area contributed by atoms with E-state index in [4.69, 9.17) is 0 Å². The minimum absolute atomic E-state index is 0.0128. The van der Waals surface area contributed by atoms with Crippen molar-refractivity contribution in [2.24, 2.45) is 5.41 Å². The fourth-order valence-corrected chi connectivity index (χ4v) is 3.20. The Morgan fingerprint density at radius 1 is 1.26 bits per heavy atom. The molecule has 1 unspecified atom stereocenters. The molecule has 1 aliphatic heterocycles. The van der Waals surface area contributed by atoms with E-state index in [9.17, 15) is 9.59 Å². The molecule has 1 heterocycles. The third kappa shape index (κ3) is 3.28. The van der Waals surface area contributed by atoms with Crippen molar-refractivity contribution < 1.29 is 9.59 Å². The highest BCUT2D eigenvalue weighted by Gasteiger charge is 2.36. The Bertz CT molecular complexity index is 355. The summed E-state index contributed by atoms with van der Waals surface area (Å²) in [6.45, 7) is 7.14. The Morgan fingerprint density at radius 3 is 2.47 bits per heavy atom. The Morgan fingerprint density at radius 2 is 1.89 bits per heavy atom. The molecule has 2 amide bonds. The number of nitrogens with zero attached hydrogens (tertiary/aromatic N) is 1. The van der Waals surface area contributed by atoms with Crippen LogP contribution >= 0.6 is 0 Å². The van der Waals surface area contributed by atoms with E-state index in [0.29, 0.717) is 30.8 Å². The second-order valence-corrected chi connectivity index (χ2v) is 6.71. The van der Waals surface area contributed by atoms with E-state index >= 15 is 0 Å². The van der Waals surface area contributed by atoms with Crippen LogP contribution in [0.3, 0.4) is 0 Å². The van der Waals surface area contributed by atoms with Crippen LogP contribution in [0.5, 0.6) is 0 Å². The standard InChI is InChI=1S/C15H26N2O2/c1-4-12-14(19)17(10-7-13(18)16-12)11-5-8-15(2,3)9-6-11/h11-12H,4-10H2,1-3H3,(H,16,18). The van der Waals surface area contributed by atoms with Crippen molar-refractivity contribution in [3.63, 3.8) is 0 Å². The summed E-state index contributed by atoms with van der Waals surface area (Å²) in [4.78, 5) is 26.1. The van der Waals surface area contributed by atoms with Crippen molar-refractivity contribution in [2.45, 2.75) is 71.4 Å². The van der Waals surface area contributed by atoms with Crippen molar-refractivity contribution in [2.75, 3.05) is 6.54 Å². The molecule has 0 spiro atoms. The van der Waals surface area contributed by atoms with E-state index in [-0.39, 0.29) is 17.9 Å². The number of carbonyl (C=O) groups is 2. The highest BCUT2D eigenvalue weighted by atomic mass is 16.2. The van der Waals surface area contributed by atoms with Crippen LogP contribution in [0.2, 0.25) is 0 Å². The summed E-state index contributed by atoms with van der Waals surface area (Å²) in [5.74, 6) is 0.136. The Labute approximate surface area is 115 Å². The maximum absolute atomic E-state index is 12.5. The number of hydrogen-bond acceptors (Lipinski definition) is 2. The van der Waals surface area contributed by atoms with Crippen LogP contribution in [0, 0.1) is 5.41 Å². The molecule has 2 fully saturated rings. The largest absolute Gasteiger partial charge is 0.344 e. The fraction of sp³-hybridized carbons (Fsp3) is 0.867. The molecular formula is C15H26N2O2. The smallest absolute Gasteiger partial charge is 0.245 e. The van der Waals surface area contributed by atoms with E-state index in [1.807, 2.05) is 11.8 Å². The normalized spacial score (nSPS) is 29.0. The summed E-state index contributed by atoms with van der Waals surface area (Å²) in [5, 5.41) is 2.83. The van der Waals surface area contributed by atoms with Crippen molar-refractivity contribution in [3.05, 3.63) is 0 Å². The highest BCUT2D eigenvalue weighted by molar-refractivity contribution is 5.90. The van der Waals surface area contributed by atoms with Gasteiger partial charge in [-0.2, -0.15) is 0 Å². The van der Waals surface area contributed by atoms with Gasteiger partial charge in [0.1, 0.15) is 6.04 Å². The molecule has 4 nitrogen and oxygen atoms in total. The Hall–Kier alpha value is -1.06. The summed E-state index contributed by atoms with van der Waals surface area (Å²) in [5.41, 5.74) is 0.406. The second kappa shape index (κ2) is 5.51. The first-order valence-corrected chi connectivity index (χ1v) is 7.53. The lowest BCUT2D eigenvalue weighted by molar-refractivity contribution is -0.136. The molecule has 4 heteroatoms. The Kier molecular flexibility index (Phi) is 4.16. The second-order valence-electron chi connectivity index (χ2n) is 6.71. The van der Waals surface area contributed by atoms with Crippen LogP contribution in [0.1, 0.15) is 59.3 Å². The zero-order valence-corrected chi connectivity index (χ0v) is 12.4. The average molecular weight is 266 g/mol. The van der Waals surface area contributed by atoms with Crippen LogP contribution in [-0.2, 0) is 9.59 Å². The third-order valence-corrected chi connectivity index (χ3v) is 4.65. The van der Waals surface area contributed by atoms with Crippen molar-refractivity contribution in [1.82, 2.24) is 10.2 Å². The molecule has 2 rings (SSSR count). The lowest BCUT2D eigenvalue weighted by atomic mass is 9.75. The molecule has 0 radical (unpaired) electrons. The quantitative estimate of drug-likeness (QED) is 0.832. The van der Waals surface area contributed by atoms with Gasteiger partial charge < -0.3 is 10.2 Å². The van der Waals surface area contributed by atoms with Crippen LogP contribution in [0.4, 0.5) is 0 Å². The van der Waals surface area contributed by atoms with E-state index in [1.165, 1.54) is 12.8 Å². The molecule has 19 heavy (non-hydrogen) atoms. The minimum Gasteiger partial charge on any atom is -0.344 e. The summed E-state index contributed by atoms with van der Waals surface area (Å²) < 4.78 is 0. The van der Waals surface area contributed by atoms with Crippen molar-refractivity contribution >= 4 is 11.8 Å². The lowest BCUT2D eigenvalue weighted by Gasteiger charge is -2.40. The topological polar surface area (TPSA) is 49.4 Å². The molecular weight excluding hydrogens is 240 g/mol. The van der Waals surface area contributed by atoms with Gasteiger partial charge in [-0.1, -0.05) is 20.8 Å². The predicted octanol–water partition coefficient (Wildman–Crippen LogP) is 2.08. The van der Waals surface area contributed by atoms with Gasteiger partial charge in [-0.25, -0.2) is 0 Å². The Balaban J connectivity index is 2.06. The molecule has 0 bridgehead atoms. The molecule has 1 N–H and O–H groups in total. The summed E-state index contributed by atoms with van der Waals surface area (Å²) in [6.07, 6.45) is 5.60. The van der Waals surface area contributed by atoms with Crippen LogP contribution in [0.15, 0.2) is 0 Å². The fourth-order valence-electron chi connectivity index (χ4n) is 3.20. The minimum atomic E-state index is -0.315. The molecule has 1 atom stereocenters. The summed E-state index contributed by atoms with van der Waals surface area (Å²) >= 11 is 0. The van der Waals surface area contributed by atoms with E-state index in [0.717, 1.165) is 12.8 Å². The van der Waals surface area contributed by atoms with E-state index in [1.54, 1.807) is 0 Å². The number of nitrogens with one attached hydrogen (secondary N) is 1. The molecule has 108 valence electrons. The first-order valence-electron chi connectivity index (χ1n) is 7.53. The highest BCUT2D eigenvalue weighted by Crippen LogP contribution is 2.37. The van der Waals surface area contributed by atoms with Crippen LogP contribution in [0.25, 0.3) is 0 Å². The first-order chi connectivity index (χ1) is 8.93. The zero-order chi connectivity index (χ0) is 14.0. The average Bonchev–Trinajstić information content (AvgIpc) is 2.50. The molecule has 1 saturated heterocycles. The van der Waals surface area contributed by atoms with Gasteiger partial charge >= 0.3 is 0 Å². The zero-order valence-electron chi connectivity index (χ0n) is 12.4. The van der Waals surface area contributed by atoms with Gasteiger partial charge in [-0.05, 0) is 37.5 Å². The summed E-state index contributed by atoms with van der Waals surface area (Å²) in [6, 6.07) is 0.0206. The monoisotopic (exact) mass is 266 g/mol. The summed E-state index contributed by atoms with van der Waals surface area (Å²) in [7, 11) is 0. The van der Waals surface area contributed by atoms with Gasteiger partial charge in [-0.15, -0.1) is 0 Å². The molecule has 0 aromatic rings. The molecule has 0 aromatic carbocycles. The number of rotatable bonds is 2. The SMILES string of the molecule is CCC1NC(=O)CCN(C2CCC(C)(C)CC2)C1=O. The maximum atomic E-state index is 12.5. The van der Waals surface area contributed by atoms with Gasteiger partial charge in [0.25, 0.3) is 0 Å². The van der Waals surface area contributed by atoms with E-state index in [2.05, 4.69) is 19.2 Å². The number of carbonyl (C=O) groups excluding carboxylic acids is 2. The van der Waals surface area contributed by atoms with Gasteiger partial charge in [0.15, 0.2) is 0 Å². The third-order valence-electron chi connectivity index (χ3n) is 4.65. The van der Waals surface area contributed by atoms with Crippen molar-refractivity contribution in [3.8, 4) is 0 Å². The van der Waals surface area contributed by atoms with Gasteiger partial charge in [0.05, 0.1) is 0 Å². The predicted molar refractivity (Wildman–Crippen MR) is 74.6 cm³/mol. The molecule has 1 saturated carbocycles. The van der Waals surface area contributed by atoms with Gasteiger partial charge in [-0.3, -0.25) is 9.59 Å². The lowest BCUT2D eigenvalue weighted by Crippen LogP contribution is -2.49. The number of amides is 2. The number of hydrogen-bond donors (Lipinski definition) is 1. The molecule has 2 aliphatic rings. The van der Waals surface area contributed by atoms with Crippen molar-refractivity contribution in [1.29, 1.82) is 0 Å². The maximum Gasteiger partial charge on any atom is 0.245 e. The van der Waals surface area contributed by atoms with Crippen LogP contribution in [-0.4, -0.2) is 35.3 Å². The van der Waals surface area contributed by atoms with Crippen LogP contribution < -0.4 is 5.32 Å². The van der Waals surface area contributed by atoms with E-state index < -0.39 is 0 Å².